The van der Waals surface area contributed by atoms with Crippen LogP contribution >= 0.6 is 0 Å². The summed E-state index contributed by atoms with van der Waals surface area (Å²) in [4.78, 5) is 14.5. The molecule has 2 aliphatic carbocycles. The van der Waals surface area contributed by atoms with E-state index < -0.39 is 0 Å². The standard InChI is InChI=1S/C17H30N2O2/c20-12-13-6-5-11-19(13)10-4-3-9-18-17(21)16-14-7-1-2-8-15(14)16/h13-16,20H,1-12H2,(H,18,21). The summed E-state index contributed by atoms with van der Waals surface area (Å²) < 4.78 is 0. The molecule has 1 saturated heterocycles. The molecule has 0 aromatic rings. The molecule has 3 rings (SSSR count). The van der Waals surface area contributed by atoms with Crippen molar-refractivity contribution in [2.75, 3.05) is 26.2 Å². The molecule has 1 aliphatic heterocycles. The highest BCUT2D eigenvalue weighted by molar-refractivity contribution is 5.82. The van der Waals surface area contributed by atoms with Gasteiger partial charge in [-0.05, 0) is 63.5 Å². The lowest BCUT2D eigenvalue weighted by molar-refractivity contribution is -0.122. The summed E-state index contributed by atoms with van der Waals surface area (Å²) in [5, 5.41) is 12.4. The molecule has 3 unspecified atom stereocenters. The zero-order chi connectivity index (χ0) is 14.7. The van der Waals surface area contributed by atoms with Crippen molar-refractivity contribution < 1.29 is 9.90 Å². The van der Waals surface area contributed by atoms with Gasteiger partial charge in [-0.2, -0.15) is 0 Å². The first kappa shape index (κ1) is 15.3. The van der Waals surface area contributed by atoms with Crippen molar-refractivity contribution in [3.8, 4) is 0 Å². The quantitative estimate of drug-likeness (QED) is 0.704. The van der Waals surface area contributed by atoms with Gasteiger partial charge in [-0.15, -0.1) is 0 Å². The zero-order valence-corrected chi connectivity index (χ0v) is 13.1. The minimum atomic E-state index is 0.293. The Kier molecular flexibility index (Phi) is 5.17. The second kappa shape index (κ2) is 7.10. The normalized spacial score (nSPS) is 35.5. The van der Waals surface area contributed by atoms with Crippen LogP contribution < -0.4 is 5.32 Å². The second-order valence-corrected chi connectivity index (χ2v) is 7.15. The van der Waals surface area contributed by atoms with Gasteiger partial charge in [0.2, 0.25) is 5.91 Å². The number of hydrogen-bond donors (Lipinski definition) is 2. The molecule has 0 aromatic carbocycles. The Morgan fingerprint density at radius 1 is 1.10 bits per heavy atom. The number of carbonyl (C=O) groups is 1. The molecule has 0 aromatic heterocycles. The van der Waals surface area contributed by atoms with E-state index >= 15 is 0 Å². The molecule has 0 radical (unpaired) electrons. The number of aliphatic hydroxyl groups excluding tert-OH is 1. The summed E-state index contributed by atoms with van der Waals surface area (Å²) in [6, 6.07) is 0.383. The van der Waals surface area contributed by atoms with Crippen LogP contribution in [-0.2, 0) is 4.79 Å². The summed E-state index contributed by atoms with van der Waals surface area (Å²) >= 11 is 0. The molecule has 1 amide bonds. The van der Waals surface area contributed by atoms with E-state index in [2.05, 4.69) is 10.2 Å². The number of nitrogens with one attached hydrogen (secondary N) is 1. The van der Waals surface area contributed by atoms with Gasteiger partial charge in [-0.1, -0.05) is 12.8 Å². The number of hydrogen-bond acceptors (Lipinski definition) is 3. The maximum Gasteiger partial charge on any atom is 0.223 e. The maximum absolute atomic E-state index is 12.1. The summed E-state index contributed by atoms with van der Waals surface area (Å²) in [6.07, 6.45) is 9.74. The molecular formula is C17H30N2O2. The molecule has 3 aliphatic rings. The number of unbranched alkanes of at least 4 members (excludes halogenated alkanes) is 1. The van der Waals surface area contributed by atoms with Gasteiger partial charge >= 0.3 is 0 Å². The summed E-state index contributed by atoms with van der Waals surface area (Å²) in [6.45, 7) is 3.31. The largest absolute Gasteiger partial charge is 0.395 e. The van der Waals surface area contributed by atoms with Gasteiger partial charge in [0.25, 0.3) is 0 Å². The Bertz CT molecular complexity index is 349. The lowest BCUT2D eigenvalue weighted by Crippen LogP contribution is -2.33. The van der Waals surface area contributed by atoms with E-state index in [0.717, 1.165) is 38.9 Å². The third-order valence-corrected chi connectivity index (χ3v) is 5.84. The maximum atomic E-state index is 12.1. The van der Waals surface area contributed by atoms with Crippen molar-refractivity contribution in [1.29, 1.82) is 0 Å². The Labute approximate surface area is 128 Å². The van der Waals surface area contributed by atoms with E-state index in [9.17, 15) is 9.90 Å². The lowest BCUT2D eigenvalue weighted by Gasteiger charge is -2.22. The monoisotopic (exact) mass is 294 g/mol. The molecule has 4 nitrogen and oxygen atoms in total. The van der Waals surface area contributed by atoms with Crippen LogP contribution in [0.25, 0.3) is 0 Å². The number of rotatable bonds is 7. The van der Waals surface area contributed by atoms with Crippen LogP contribution in [0.4, 0.5) is 0 Å². The van der Waals surface area contributed by atoms with Crippen molar-refractivity contribution in [1.82, 2.24) is 10.2 Å². The van der Waals surface area contributed by atoms with E-state index in [1.807, 2.05) is 0 Å². The van der Waals surface area contributed by atoms with Crippen molar-refractivity contribution in [3.05, 3.63) is 0 Å². The van der Waals surface area contributed by atoms with E-state index in [4.69, 9.17) is 0 Å². The van der Waals surface area contributed by atoms with E-state index in [1.54, 1.807) is 0 Å². The minimum absolute atomic E-state index is 0.293. The van der Waals surface area contributed by atoms with Crippen LogP contribution in [0.5, 0.6) is 0 Å². The molecule has 4 heteroatoms. The Hall–Kier alpha value is -0.610. The third-order valence-electron chi connectivity index (χ3n) is 5.84. The highest BCUT2D eigenvalue weighted by Gasteiger charge is 2.54. The molecule has 3 atom stereocenters. The predicted octanol–water partition coefficient (Wildman–Crippen LogP) is 1.78. The molecule has 0 bridgehead atoms. The van der Waals surface area contributed by atoms with Gasteiger partial charge in [0.1, 0.15) is 0 Å². The van der Waals surface area contributed by atoms with Crippen molar-refractivity contribution >= 4 is 5.91 Å². The smallest absolute Gasteiger partial charge is 0.223 e. The third kappa shape index (κ3) is 3.59. The number of carbonyl (C=O) groups excluding carboxylic acids is 1. The second-order valence-electron chi connectivity index (χ2n) is 7.15. The topological polar surface area (TPSA) is 52.6 Å². The van der Waals surface area contributed by atoms with Gasteiger partial charge in [-0.3, -0.25) is 9.69 Å². The van der Waals surface area contributed by atoms with E-state index in [1.165, 1.54) is 32.1 Å². The summed E-state index contributed by atoms with van der Waals surface area (Å²) in [5.41, 5.74) is 0. The molecule has 2 N–H and O–H groups in total. The number of amides is 1. The Balaban J connectivity index is 1.26. The van der Waals surface area contributed by atoms with Crippen molar-refractivity contribution in [2.24, 2.45) is 17.8 Å². The minimum Gasteiger partial charge on any atom is -0.395 e. The van der Waals surface area contributed by atoms with Gasteiger partial charge in [0.15, 0.2) is 0 Å². The van der Waals surface area contributed by atoms with Crippen LogP contribution in [0.15, 0.2) is 0 Å². The van der Waals surface area contributed by atoms with E-state index in [0.29, 0.717) is 36.3 Å². The molecular weight excluding hydrogens is 264 g/mol. The van der Waals surface area contributed by atoms with Crippen molar-refractivity contribution in [3.63, 3.8) is 0 Å². The predicted molar refractivity (Wildman–Crippen MR) is 82.9 cm³/mol. The van der Waals surface area contributed by atoms with Crippen LogP contribution in [0.1, 0.15) is 51.4 Å². The van der Waals surface area contributed by atoms with Gasteiger partial charge < -0.3 is 10.4 Å². The summed E-state index contributed by atoms with van der Waals surface area (Å²) in [7, 11) is 0. The highest BCUT2D eigenvalue weighted by atomic mass is 16.3. The zero-order valence-electron chi connectivity index (χ0n) is 13.1. The number of likely N-dealkylation sites (tertiary alicyclic amines) is 1. The Morgan fingerprint density at radius 2 is 1.86 bits per heavy atom. The first-order valence-corrected chi connectivity index (χ1v) is 8.94. The first-order chi connectivity index (χ1) is 10.3. The highest BCUT2D eigenvalue weighted by Crippen LogP contribution is 2.55. The molecule has 1 heterocycles. The van der Waals surface area contributed by atoms with Crippen LogP contribution in [0, 0.1) is 17.8 Å². The van der Waals surface area contributed by atoms with Gasteiger partial charge in [-0.25, -0.2) is 0 Å². The molecule has 0 spiro atoms. The fraction of sp³-hybridized carbons (Fsp3) is 0.941. The fourth-order valence-electron chi connectivity index (χ4n) is 4.55. The average Bonchev–Trinajstić information content (AvgIpc) is 3.07. The fourth-order valence-corrected chi connectivity index (χ4v) is 4.55. The van der Waals surface area contributed by atoms with Crippen LogP contribution in [-0.4, -0.2) is 48.2 Å². The number of aliphatic hydroxyl groups is 1. The lowest BCUT2D eigenvalue weighted by atomic mass is 10.0. The van der Waals surface area contributed by atoms with Crippen molar-refractivity contribution in [2.45, 2.75) is 57.4 Å². The number of fused-ring (bicyclic) bond motifs is 1. The van der Waals surface area contributed by atoms with Gasteiger partial charge in [0, 0.05) is 18.5 Å². The van der Waals surface area contributed by atoms with Crippen LogP contribution in [0.3, 0.4) is 0 Å². The molecule has 3 fully saturated rings. The SMILES string of the molecule is O=C(NCCCCN1CCCC1CO)C1C2CCCCC21. The molecule has 2 saturated carbocycles. The van der Waals surface area contributed by atoms with Gasteiger partial charge in [0.05, 0.1) is 6.61 Å². The first-order valence-electron chi connectivity index (χ1n) is 8.94. The molecule has 21 heavy (non-hydrogen) atoms. The molecule has 120 valence electrons. The van der Waals surface area contributed by atoms with Crippen LogP contribution in [0.2, 0.25) is 0 Å². The van der Waals surface area contributed by atoms with E-state index in [-0.39, 0.29) is 0 Å². The summed E-state index contributed by atoms with van der Waals surface area (Å²) in [5.74, 6) is 2.11. The number of nitrogens with zero attached hydrogens (tertiary/aromatic N) is 1. The average molecular weight is 294 g/mol. The Morgan fingerprint density at radius 3 is 2.57 bits per heavy atom.